The van der Waals surface area contributed by atoms with E-state index in [9.17, 15) is 4.79 Å². The summed E-state index contributed by atoms with van der Waals surface area (Å²) in [4.78, 5) is 18.7. The first kappa shape index (κ1) is 21.1. The molecule has 3 heterocycles. The monoisotopic (exact) mass is 434 g/mol. The zero-order valence-electron chi connectivity index (χ0n) is 17.7. The van der Waals surface area contributed by atoms with Crippen LogP contribution in [0.5, 0.6) is 0 Å². The first-order chi connectivity index (χ1) is 15.1. The summed E-state index contributed by atoms with van der Waals surface area (Å²) in [5, 5.41) is 4.25. The van der Waals surface area contributed by atoms with Crippen LogP contribution in [0.3, 0.4) is 0 Å². The van der Waals surface area contributed by atoms with E-state index in [-0.39, 0.29) is 18.1 Å². The second-order valence-corrected chi connectivity index (χ2v) is 7.90. The van der Waals surface area contributed by atoms with Crippen LogP contribution in [0.2, 0.25) is 0 Å². The molecule has 1 saturated heterocycles. The molecule has 6 nitrogen and oxygen atoms in total. The Morgan fingerprint density at radius 2 is 1.97 bits per heavy atom. The minimum Gasteiger partial charge on any atom is -0.465 e. The van der Waals surface area contributed by atoms with Gasteiger partial charge >= 0.3 is 5.97 Å². The van der Waals surface area contributed by atoms with Crippen molar-refractivity contribution in [1.82, 2.24) is 19.8 Å². The number of carbonyl (C=O) groups excluding carboxylic acids is 1. The molecule has 0 amide bonds. The van der Waals surface area contributed by atoms with Crippen molar-refractivity contribution in [3.05, 3.63) is 83.9 Å². The summed E-state index contributed by atoms with van der Waals surface area (Å²) >= 11 is 5.73. The van der Waals surface area contributed by atoms with Gasteiger partial charge < -0.3 is 19.5 Å². The summed E-state index contributed by atoms with van der Waals surface area (Å²) in [6.45, 7) is 3.06. The van der Waals surface area contributed by atoms with E-state index in [1.807, 2.05) is 48.8 Å². The molecule has 0 aliphatic carbocycles. The number of hydrogen-bond donors (Lipinski definition) is 1. The number of methoxy groups -OCH3 is 1. The predicted octanol–water partition coefficient (Wildman–Crippen LogP) is 4.43. The van der Waals surface area contributed by atoms with Gasteiger partial charge in [0, 0.05) is 30.3 Å². The maximum absolute atomic E-state index is 11.8. The Labute approximate surface area is 187 Å². The zero-order valence-corrected chi connectivity index (χ0v) is 18.5. The van der Waals surface area contributed by atoms with Crippen LogP contribution in [0, 0.1) is 0 Å². The van der Waals surface area contributed by atoms with Crippen LogP contribution in [-0.2, 0) is 4.74 Å². The number of thiocarbonyl (C=S) groups is 1. The van der Waals surface area contributed by atoms with Gasteiger partial charge in [-0.05, 0) is 67.2 Å². The number of nitrogens with one attached hydrogen (secondary N) is 1. The van der Waals surface area contributed by atoms with E-state index in [1.165, 1.54) is 7.11 Å². The molecule has 0 unspecified atom stereocenters. The molecule has 2 atom stereocenters. The molecular weight excluding hydrogens is 408 g/mol. The molecule has 3 aromatic rings. The molecule has 1 aliphatic heterocycles. The van der Waals surface area contributed by atoms with Crippen LogP contribution in [-0.4, -0.2) is 39.2 Å². The van der Waals surface area contributed by atoms with Crippen molar-refractivity contribution >= 4 is 23.3 Å². The molecular formula is C24H26N4O2S. The van der Waals surface area contributed by atoms with Gasteiger partial charge in [0.2, 0.25) is 0 Å². The Bertz CT molecular complexity index is 1050. The number of unbranched alkanes of at least 4 members (excludes halogenated alkanes) is 1. The van der Waals surface area contributed by atoms with Crippen molar-refractivity contribution in [1.29, 1.82) is 0 Å². The van der Waals surface area contributed by atoms with E-state index in [0.717, 1.165) is 41.6 Å². The lowest BCUT2D eigenvalue weighted by Crippen LogP contribution is -2.31. The number of rotatable bonds is 7. The van der Waals surface area contributed by atoms with Gasteiger partial charge in [0.25, 0.3) is 0 Å². The van der Waals surface area contributed by atoms with Crippen molar-refractivity contribution in [3.8, 4) is 5.69 Å². The molecule has 1 fully saturated rings. The van der Waals surface area contributed by atoms with E-state index in [1.54, 1.807) is 12.1 Å². The minimum absolute atomic E-state index is 0.00392. The van der Waals surface area contributed by atoms with Gasteiger partial charge in [-0.2, -0.15) is 0 Å². The van der Waals surface area contributed by atoms with Crippen molar-refractivity contribution < 1.29 is 9.53 Å². The fraction of sp³-hybridized carbons (Fsp3) is 0.292. The van der Waals surface area contributed by atoms with Crippen molar-refractivity contribution in [2.45, 2.75) is 31.8 Å². The van der Waals surface area contributed by atoms with Gasteiger partial charge in [-0.1, -0.05) is 19.4 Å². The van der Waals surface area contributed by atoms with Gasteiger partial charge in [-0.3, -0.25) is 4.98 Å². The van der Waals surface area contributed by atoms with Gasteiger partial charge in [0.1, 0.15) is 0 Å². The lowest BCUT2D eigenvalue weighted by Gasteiger charge is -2.29. The average Bonchev–Trinajstić information content (AvgIpc) is 3.42. The number of ether oxygens (including phenoxy) is 1. The maximum Gasteiger partial charge on any atom is 0.337 e. The third-order valence-electron chi connectivity index (χ3n) is 5.60. The van der Waals surface area contributed by atoms with Gasteiger partial charge in [-0.25, -0.2) is 4.79 Å². The summed E-state index contributed by atoms with van der Waals surface area (Å²) in [6, 6.07) is 17.5. The van der Waals surface area contributed by atoms with Crippen molar-refractivity contribution in [2.24, 2.45) is 0 Å². The highest BCUT2D eigenvalue weighted by molar-refractivity contribution is 7.80. The normalized spacial score (nSPS) is 18.1. The Morgan fingerprint density at radius 3 is 2.65 bits per heavy atom. The average molecular weight is 435 g/mol. The first-order valence-electron chi connectivity index (χ1n) is 10.5. The highest BCUT2D eigenvalue weighted by Gasteiger charge is 2.40. The smallest absolute Gasteiger partial charge is 0.337 e. The molecule has 2 aromatic heterocycles. The summed E-state index contributed by atoms with van der Waals surface area (Å²) in [7, 11) is 1.39. The molecule has 0 radical (unpaired) electrons. The lowest BCUT2D eigenvalue weighted by molar-refractivity contribution is 0.0600. The number of aromatic nitrogens is 2. The second-order valence-electron chi connectivity index (χ2n) is 7.52. The van der Waals surface area contributed by atoms with Crippen LogP contribution in [0.25, 0.3) is 5.69 Å². The Hall–Kier alpha value is -3.19. The van der Waals surface area contributed by atoms with Crippen LogP contribution in [0.1, 0.15) is 53.6 Å². The van der Waals surface area contributed by atoms with E-state index in [2.05, 4.69) is 32.8 Å². The summed E-state index contributed by atoms with van der Waals surface area (Å²) in [6.07, 6.45) is 6.01. The van der Waals surface area contributed by atoms with Gasteiger partial charge in [0.05, 0.1) is 30.5 Å². The highest BCUT2D eigenvalue weighted by atomic mass is 32.1. The quantitative estimate of drug-likeness (QED) is 0.438. The molecule has 31 heavy (non-hydrogen) atoms. The highest BCUT2D eigenvalue weighted by Crippen LogP contribution is 2.39. The number of pyridine rings is 1. The van der Waals surface area contributed by atoms with Gasteiger partial charge in [-0.15, -0.1) is 0 Å². The largest absolute Gasteiger partial charge is 0.465 e. The lowest BCUT2D eigenvalue weighted by atomic mass is 10.0. The summed E-state index contributed by atoms with van der Waals surface area (Å²) in [5.74, 6) is -0.342. The number of benzene rings is 1. The molecule has 0 bridgehead atoms. The standard InChI is InChI=1S/C24H26N4O2S/c1-3-4-15-28-22(21(26-24(28)31)19-8-5-6-14-25-19)20-9-7-16-27(20)18-12-10-17(11-13-18)23(29)30-2/h5-14,16,21-22H,3-4,15H2,1-2H3,(H,26,31)/t21-,22+/m1/s1. The van der Waals surface area contributed by atoms with E-state index in [0.29, 0.717) is 5.56 Å². The molecule has 4 rings (SSSR count). The van der Waals surface area contributed by atoms with Crippen molar-refractivity contribution in [2.75, 3.05) is 13.7 Å². The Balaban J connectivity index is 1.74. The number of esters is 1. The molecule has 1 aromatic carbocycles. The fourth-order valence-corrected chi connectivity index (χ4v) is 4.37. The molecule has 7 heteroatoms. The SMILES string of the molecule is CCCCN1C(=S)N[C@H](c2ccccn2)[C@@H]1c1cccn1-c1ccc(C(=O)OC)cc1. The van der Waals surface area contributed by atoms with E-state index >= 15 is 0 Å². The molecule has 1 N–H and O–H groups in total. The second kappa shape index (κ2) is 9.31. The van der Waals surface area contributed by atoms with E-state index < -0.39 is 0 Å². The number of nitrogens with zero attached hydrogens (tertiary/aromatic N) is 3. The molecule has 0 spiro atoms. The van der Waals surface area contributed by atoms with Crippen LogP contribution in [0.4, 0.5) is 0 Å². The molecule has 160 valence electrons. The van der Waals surface area contributed by atoms with E-state index in [4.69, 9.17) is 17.0 Å². The first-order valence-corrected chi connectivity index (χ1v) is 10.9. The predicted molar refractivity (Wildman–Crippen MR) is 124 cm³/mol. The minimum atomic E-state index is -0.342. The number of carbonyl (C=O) groups is 1. The third-order valence-corrected chi connectivity index (χ3v) is 5.95. The van der Waals surface area contributed by atoms with Crippen LogP contribution >= 0.6 is 12.2 Å². The maximum atomic E-state index is 11.8. The molecule has 1 aliphatic rings. The Kier molecular flexibility index (Phi) is 6.32. The topological polar surface area (TPSA) is 59.4 Å². The van der Waals surface area contributed by atoms with Crippen LogP contribution in [0.15, 0.2) is 67.0 Å². The summed E-state index contributed by atoms with van der Waals surface area (Å²) < 4.78 is 6.97. The van der Waals surface area contributed by atoms with Crippen molar-refractivity contribution in [3.63, 3.8) is 0 Å². The Morgan fingerprint density at radius 1 is 1.16 bits per heavy atom. The number of hydrogen-bond acceptors (Lipinski definition) is 4. The molecule has 0 saturated carbocycles. The van der Waals surface area contributed by atoms with Gasteiger partial charge in [0.15, 0.2) is 5.11 Å². The fourth-order valence-electron chi connectivity index (χ4n) is 4.04. The van der Waals surface area contributed by atoms with Crippen LogP contribution < -0.4 is 5.32 Å². The third kappa shape index (κ3) is 4.18. The zero-order chi connectivity index (χ0) is 21.8. The summed E-state index contributed by atoms with van der Waals surface area (Å²) in [5.41, 5.74) is 3.58.